The summed E-state index contributed by atoms with van der Waals surface area (Å²) in [6, 6.07) is 9.31. The van der Waals surface area contributed by atoms with Gasteiger partial charge in [-0.05, 0) is 23.8 Å². The molecule has 4 heteroatoms. The Labute approximate surface area is 106 Å². The van der Waals surface area contributed by atoms with Crippen LogP contribution in [0, 0.1) is 0 Å². The van der Waals surface area contributed by atoms with E-state index >= 15 is 0 Å². The molecule has 1 aromatic heterocycles. The van der Waals surface area contributed by atoms with Gasteiger partial charge in [-0.25, -0.2) is 0 Å². The molecule has 0 aliphatic carbocycles. The first kappa shape index (κ1) is 12.4. The fourth-order valence-corrected chi connectivity index (χ4v) is 1.81. The highest BCUT2D eigenvalue weighted by atomic mass is 16.5. The molecule has 18 heavy (non-hydrogen) atoms. The van der Waals surface area contributed by atoms with Crippen molar-refractivity contribution in [3.8, 4) is 11.5 Å². The van der Waals surface area contributed by atoms with E-state index in [0.717, 1.165) is 16.9 Å². The van der Waals surface area contributed by atoms with Crippen LogP contribution in [0.1, 0.15) is 17.2 Å². The number of ether oxygens (including phenoxy) is 2. The third-order valence-electron chi connectivity index (χ3n) is 2.85. The summed E-state index contributed by atoms with van der Waals surface area (Å²) in [5, 5.41) is 0. The fourth-order valence-electron chi connectivity index (χ4n) is 1.81. The van der Waals surface area contributed by atoms with Gasteiger partial charge in [0.25, 0.3) is 0 Å². The normalized spacial score (nSPS) is 11.9. The van der Waals surface area contributed by atoms with Gasteiger partial charge < -0.3 is 15.2 Å². The average Bonchev–Trinajstić information content (AvgIpc) is 2.46. The summed E-state index contributed by atoms with van der Waals surface area (Å²) < 4.78 is 10.4. The predicted octanol–water partition coefficient (Wildman–Crippen LogP) is 2.15. The number of pyridine rings is 1. The number of rotatable bonds is 4. The molecule has 1 heterocycles. The van der Waals surface area contributed by atoms with E-state index in [4.69, 9.17) is 15.2 Å². The molecule has 0 fully saturated rings. The molecule has 4 nitrogen and oxygen atoms in total. The van der Waals surface area contributed by atoms with Gasteiger partial charge in [0, 0.05) is 11.8 Å². The molecular weight excluding hydrogens is 228 g/mol. The first-order valence-corrected chi connectivity index (χ1v) is 5.63. The number of aromatic nitrogens is 1. The zero-order chi connectivity index (χ0) is 13.0. The highest BCUT2D eigenvalue weighted by Crippen LogP contribution is 2.28. The summed E-state index contributed by atoms with van der Waals surface area (Å²) in [5.74, 6) is 1.51. The lowest BCUT2D eigenvalue weighted by Crippen LogP contribution is -2.13. The maximum absolute atomic E-state index is 6.24. The topological polar surface area (TPSA) is 57.4 Å². The Hall–Kier alpha value is -2.07. The Balaban J connectivity index is 2.31. The van der Waals surface area contributed by atoms with Crippen molar-refractivity contribution in [2.75, 3.05) is 14.2 Å². The van der Waals surface area contributed by atoms with Crippen molar-refractivity contribution in [2.45, 2.75) is 6.04 Å². The van der Waals surface area contributed by atoms with Crippen molar-refractivity contribution < 1.29 is 9.47 Å². The van der Waals surface area contributed by atoms with Crippen molar-refractivity contribution in [1.29, 1.82) is 0 Å². The summed E-state index contributed by atoms with van der Waals surface area (Å²) in [6.07, 6.45) is 3.37. The Morgan fingerprint density at radius 2 is 1.78 bits per heavy atom. The Kier molecular flexibility index (Phi) is 3.79. The highest BCUT2D eigenvalue weighted by Gasteiger charge is 2.13. The first-order valence-electron chi connectivity index (χ1n) is 5.63. The lowest BCUT2D eigenvalue weighted by Gasteiger charge is -2.15. The molecule has 0 amide bonds. The predicted molar refractivity (Wildman–Crippen MR) is 69.8 cm³/mol. The molecule has 0 aliphatic heterocycles. The maximum atomic E-state index is 6.24. The molecule has 0 aliphatic rings. The van der Waals surface area contributed by atoms with Crippen molar-refractivity contribution in [3.05, 3.63) is 53.9 Å². The average molecular weight is 244 g/mol. The monoisotopic (exact) mass is 244 g/mol. The molecule has 2 rings (SSSR count). The van der Waals surface area contributed by atoms with Gasteiger partial charge in [0.05, 0.1) is 26.5 Å². The Morgan fingerprint density at radius 3 is 2.39 bits per heavy atom. The molecular formula is C14H16N2O2. The molecule has 94 valence electrons. The van der Waals surface area contributed by atoms with Gasteiger partial charge >= 0.3 is 0 Å². The van der Waals surface area contributed by atoms with Gasteiger partial charge in [-0.3, -0.25) is 4.98 Å². The van der Waals surface area contributed by atoms with Gasteiger partial charge in [0.2, 0.25) is 0 Å². The largest absolute Gasteiger partial charge is 0.497 e. The van der Waals surface area contributed by atoms with Gasteiger partial charge in [0.1, 0.15) is 11.5 Å². The number of benzene rings is 1. The molecule has 0 saturated carbocycles. The zero-order valence-corrected chi connectivity index (χ0v) is 10.5. The van der Waals surface area contributed by atoms with Crippen LogP contribution in [0.5, 0.6) is 11.5 Å². The highest BCUT2D eigenvalue weighted by molar-refractivity contribution is 5.40. The SMILES string of the molecule is COc1ccc(C(N)c2ccncc2OC)cc1. The molecule has 0 spiro atoms. The van der Waals surface area contributed by atoms with Crippen LogP contribution in [-0.2, 0) is 0 Å². The van der Waals surface area contributed by atoms with Crippen molar-refractivity contribution in [2.24, 2.45) is 5.73 Å². The van der Waals surface area contributed by atoms with Gasteiger partial charge in [-0.1, -0.05) is 12.1 Å². The molecule has 0 radical (unpaired) electrons. The van der Waals surface area contributed by atoms with Gasteiger partial charge in [-0.15, -0.1) is 0 Å². The second-order valence-corrected chi connectivity index (χ2v) is 3.87. The lowest BCUT2D eigenvalue weighted by atomic mass is 10.00. The van der Waals surface area contributed by atoms with Crippen LogP contribution in [0.4, 0.5) is 0 Å². The molecule has 0 bridgehead atoms. The minimum Gasteiger partial charge on any atom is -0.497 e. The number of hydrogen-bond acceptors (Lipinski definition) is 4. The number of hydrogen-bond donors (Lipinski definition) is 1. The first-order chi connectivity index (χ1) is 8.76. The summed E-state index contributed by atoms with van der Waals surface area (Å²) in [6.45, 7) is 0. The lowest BCUT2D eigenvalue weighted by molar-refractivity contribution is 0.405. The van der Waals surface area contributed by atoms with Crippen LogP contribution in [0.2, 0.25) is 0 Å². The molecule has 2 aromatic rings. The summed E-state index contributed by atoms with van der Waals surface area (Å²) in [4.78, 5) is 4.02. The quantitative estimate of drug-likeness (QED) is 0.895. The van der Waals surface area contributed by atoms with E-state index in [1.54, 1.807) is 26.6 Å². The minimum atomic E-state index is -0.242. The van der Waals surface area contributed by atoms with E-state index in [2.05, 4.69) is 4.98 Å². The third kappa shape index (κ3) is 2.43. The minimum absolute atomic E-state index is 0.242. The van der Waals surface area contributed by atoms with Gasteiger partial charge in [0.15, 0.2) is 0 Å². The van der Waals surface area contributed by atoms with Crippen molar-refractivity contribution in [3.63, 3.8) is 0 Å². The summed E-state index contributed by atoms with van der Waals surface area (Å²) in [5.41, 5.74) is 8.15. The number of methoxy groups -OCH3 is 2. The summed E-state index contributed by atoms with van der Waals surface area (Å²) >= 11 is 0. The number of nitrogens with zero attached hydrogens (tertiary/aromatic N) is 1. The van der Waals surface area contributed by atoms with Crippen molar-refractivity contribution >= 4 is 0 Å². The van der Waals surface area contributed by atoms with Crippen LogP contribution in [-0.4, -0.2) is 19.2 Å². The van der Waals surface area contributed by atoms with Crippen LogP contribution < -0.4 is 15.2 Å². The van der Waals surface area contributed by atoms with E-state index in [-0.39, 0.29) is 6.04 Å². The molecule has 1 aromatic carbocycles. The van der Waals surface area contributed by atoms with E-state index < -0.39 is 0 Å². The Bertz CT molecular complexity index is 511. The van der Waals surface area contributed by atoms with E-state index in [0.29, 0.717) is 5.75 Å². The second-order valence-electron chi connectivity index (χ2n) is 3.87. The van der Waals surface area contributed by atoms with Crippen molar-refractivity contribution in [1.82, 2.24) is 4.98 Å². The maximum Gasteiger partial charge on any atom is 0.142 e. The molecule has 1 unspecified atom stereocenters. The smallest absolute Gasteiger partial charge is 0.142 e. The Morgan fingerprint density at radius 1 is 1.06 bits per heavy atom. The molecule has 2 N–H and O–H groups in total. The molecule has 1 atom stereocenters. The van der Waals surface area contributed by atoms with Crippen LogP contribution in [0.15, 0.2) is 42.7 Å². The standard InChI is InChI=1S/C14H16N2O2/c1-17-11-5-3-10(4-6-11)14(15)12-7-8-16-9-13(12)18-2/h3-9,14H,15H2,1-2H3. The fraction of sp³-hybridized carbons (Fsp3) is 0.214. The second kappa shape index (κ2) is 5.51. The van der Waals surface area contributed by atoms with Crippen LogP contribution in [0.25, 0.3) is 0 Å². The number of nitrogens with two attached hydrogens (primary N) is 1. The zero-order valence-electron chi connectivity index (χ0n) is 10.5. The van der Waals surface area contributed by atoms with E-state index in [1.165, 1.54) is 0 Å². The van der Waals surface area contributed by atoms with E-state index in [1.807, 2.05) is 30.3 Å². The van der Waals surface area contributed by atoms with E-state index in [9.17, 15) is 0 Å². The van der Waals surface area contributed by atoms with Crippen LogP contribution >= 0.6 is 0 Å². The molecule has 0 saturated heterocycles. The van der Waals surface area contributed by atoms with Gasteiger partial charge in [-0.2, -0.15) is 0 Å². The summed E-state index contributed by atoms with van der Waals surface area (Å²) in [7, 11) is 3.25. The third-order valence-corrected chi connectivity index (χ3v) is 2.85. The van der Waals surface area contributed by atoms with Crippen LogP contribution in [0.3, 0.4) is 0 Å².